The predicted molar refractivity (Wildman–Crippen MR) is 120 cm³/mol. The summed E-state index contributed by atoms with van der Waals surface area (Å²) < 4.78 is 43.6. The van der Waals surface area contributed by atoms with E-state index in [1.54, 1.807) is 18.2 Å². The number of ether oxygens (including phenoxy) is 2. The highest BCUT2D eigenvalue weighted by atomic mass is 32.2. The maximum absolute atomic E-state index is 13.5. The number of amides is 1. The number of para-hydroxylation sites is 1. The van der Waals surface area contributed by atoms with E-state index in [0.717, 1.165) is 11.3 Å². The zero-order valence-electron chi connectivity index (χ0n) is 16.8. The van der Waals surface area contributed by atoms with Gasteiger partial charge < -0.3 is 13.9 Å². The van der Waals surface area contributed by atoms with Crippen LogP contribution in [0, 0.1) is 0 Å². The lowest BCUT2D eigenvalue weighted by molar-refractivity contribution is 0.211. The van der Waals surface area contributed by atoms with E-state index >= 15 is 0 Å². The zero-order chi connectivity index (χ0) is 22.7. The minimum atomic E-state index is -4.37. The maximum Gasteiger partial charge on any atom is 0.434 e. The standard InChI is InChI=1S/C22H17NO7S2/c1-2-28-16-9-11-18(12-10-16)32(26,27)23(21(24)29-17-6-4-3-5-7-17)15-8-13-19-20(14-15)31-22(25)30-19/h3-14H,2H2,1H3. The molecule has 0 unspecified atom stereocenters. The van der Waals surface area contributed by atoms with Crippen molar-refractivity contribution in [3.8, 4) is 11.5 Å². The Morgan fingerprint density at radius 2 is 1.72 bits per heavy atom. The van der Waals surface area contributed by atoms with Gasteiger partial charge in [0.2, 0.25) is 0 Å². The molecule has 0 aliphatic heterocycles. The average molecular weight is 472 g/mol. The highest BCUT2D eigenvalue weighted by Crippen LogP contribution is 2.30. The summed E-state index contributed by atoms with van der Waals surface area (Å²) in [6.07, 6.45) is -1.12. The molecule has 0 spiro atoms. The third kappa shape index (κ3) is 4.36. The molecule has 4 aromatic rings. The van der Waals surface area contributed by atoms with E-state index in [1.165, 1.54) is 54.6 Å². The van der Waals surface area contributed by atoms with Crippen molar-refractivity contribution in [2.45, 2.75) is 11.8 Å². The Morgan fingerprint density at radius 1 is 1.00 bits per heavy atom. The van der Waals surface area contributed by atoms with Crippen LogP contribution in [-0.4, -0.2) is 21.1 Å². The minimum absolute atomic E-state index is 0.00404. The molecular weight excluding hydrogens is 454 g/mol. The molecule has 0 N–H and O–H groups in total. The quantitative estimate of drug-likeness (QED) is 0.403. The van der Waals surface area contributed by atoms with Crippen molar-refractivity contribution in [3.05, 3.63) is 82.5 Å². The normalized spacial score (nSPS) is 11.3. The Hall–Kier alpha value is -3.63. The van der Waals surface area contributed by atoms with Gasteiger partial charge in [0, 0.05) is 0 Å². The van der Waals surface area contributed by atoms with Gasteiger partial charge in [-0.05, 0) is 61.5 Å². The van der Waals surface area contributed by atoms with E-state index in [1.807, 2.05) is 6.92 Å². The molecule has 0 aliphatic rings. The first kappa shape index (κ1) is 21.6. The van der Waals surface area contributed by atoms with Gasteiger partial charge in [-0.25, -0.2) is 18.0 Å². The third-order valence-electron chi connectivity index (χ3n) is 4.34. The molecule has 0 fully saturated rings. The molecule has 4 rings (SSSR count). The van der Waals surface area contributed by atoms with Crippen molar-refractivity contribution in [2.24, 2.45) is 0 Å². The van der Waals surface area contributed by atoms with Crippen LogP contribution in [0.3, 0.4) is 0 Å². The highest BCUT2D eigenvalue weighted by Gasteiger charge is 2.33. The number of nitrogens with zero attached hydrogens (tertiary/aromatic N) is 1. The summed E-state index contributed by atoms with van der Waals surface area (Å²) in [6, 6.07) is 18.0. The lowest BCUT2D eigenvalue weighted by atomic mass is 10.3. The van der Waals surface area contributed by atoms with Crippen molar-refractivity contribution >= 4 is 43.4 Å². The molecule has 0 aliphatic carbocycles. The Labute approximate surface area is 187 Å². The molecule has 0 radical (unpaired) electrons. The van der Waals surface area contributed by atoms with E-state index in [2.05, 4.69) is 0 Å². The van der Waals surface area contributed by atoms with Crippen LogP contribution in [0.1, 0.15) is 6.92 Å². The molecule has 1 amide bonds. The predicted octanol–water partition coefficient (Wildman–Crippen LogP) is 4.65. The van der Waals surface area contributed by atoms with E-state index in [-0.39, 0.29) is 16.3 Å². The first-order chi connectivity index (χ1) is 15.4. The molecule has 32 heavy (non-hydrogen) atoms. The lowest BCUT2D eigenvalue weighted by Crippen LogP contribution is -2.39. The van der Waals surface area contributed by atoms with E-state index in [9.17, 15) is 18.0 Å². The van der Waals surface area contributed by atoms with Gasteiger partial charge in [0.05, 0.1) is 21.9 Å². The molecule has 0 saturated heterocycles. The van der Waals surface area contributed by atoms with Crippen molar-refractivity contribution < 1.29 is 27.1 Å². The number of sulfonamides is 1. The molecule has 0 bridgehead atoms. The maximum atomic E-state index is 13.5. The van der Waals surface area contributed by atoms with Gasteiger partial charge in [0.15, 0.2) is 0 Å². The van der Waals surface area contributed by atoms with Crippen LogP contribution >= 0.6 is 11.3 Å². The Bertz CT molecular complexity index is 1410. The fraction of sp³-hybridized carbons (Fsp3) is 0.0909. The number of anilines is 1. The van der Waals surface area contributed by atoms with Gasteiger partial charge in [0.25, 0.3) is 10.0 Å². The Kier molecular flexibility index (Phi) is 5.97. The first-order valence-corrected chi connectivity index (χ1v) is 11.7. The van der Waals surface area contributed by atoms with Crippen LogP contribution in [0.2, 0.25) is 0 Å². The number of hydrogen-bond donors (Lipinski definition) is 0. The Morgan fingerprint density at radius 3 is 2.41 bits per heavy atom. The SMILES string of the molecule is CCOc1ccc(S(=O)(=O)N(C(=O)Oc2ccccc2)c2ccc3oc(=O)sc3c2)cc1. The summed E-state index contributed by atoms with van der Waals surface area (Å²) >= 11 is 0.801. The van der Waals surface area contributed by atoms with Crippen molar-refractivity contribution in [1.29, 1.82) is 0 Å². The first-order valence-electron chi connectivity index (χ1n) is 9.47. The van der Waals surface area contributed by atoms with Gasteiger partial charge in [-0.1, -0.05) is 29.5 Å². The Balaban J connectivity index is 1.79. The lowest BCUT2D eigenvalue weighted by Gasteiger charge is -2.22. The third-order valence-corrected chi connectivity index (χ3v) is 6.83. The fourth-order valence-corrected chi connectivity index (χ4v) is 4.96. The second-order valence-corrected chi connectivity index (χ2v) is 9.20. The van der Waals surface area contributed by atoms with Crippen molar-refractivity contribution in [2.75, 3.05) is 10.9 Å². The largest absolute Gasteiger partial charge is 0.494 e. The van der Waals surface area contributed by atoms with Crippen LogP contribution in [0.5, 0.6) is 11.5 Å². The number of rotatable bonds is 6. The molecule has 8 nitrogen and oxygen atoms in total. The summed E-state index contributed by atoms with van der Waals surface area (Å²) in [5, 5.41) is 0. The summed E-state index contributed by atoms with van der Waals surface area (Å²) in [4.78, 5) is 24.0. The minimum Gasteiger partial charge on any atom is -0.494 e. The average Bonchev–Trinajstić information content (AvgIpc) is 3.14. The number of hydrogen-bond acceptors (Lipinski definition) is 8. The molecule has 0 saturated carbocycles. The number of benzene rings is 3. The highest BCUT2D eigenvalue weighted by molar-refractivity contribution is 7.93. The van der Waals surface area contributed by atoms with Crippen LogP contribution in [0.25, 0.3) is 10.3 Å². The topological polar surface area (TPSA) is 103 Å². The number of fused-ring (bicyclic) bond motifs is 1. The van der Waals surface area contributed by atoms with Crippen LogP contribution in [0.15, 0.2) is 86.9 Å². The molecular formula is C22H17NO7S2. The van der Waals surface area contributed by atoms with E-state index < -0.39 is 21.1 Å². The monoisotopic (exact) mass is 471 g/mol. The molecule has 1 heterocycles. The molecule has 0 atom stereocenters. The van der Waals surface area contributed by atoms with Gasteiger partial charge in [-0.2, -0.15) is 4.31 Å². The summed E-state index contributed by atoms with van der Waals surface area (Å²) in [5.74, 6) is 0.674. The van der Waals surface area contributed by atoms with Crippen LogP contribution < -0.4 is 18.7 Å². The second-order valence-electron chi connectivity index (χ2n) is 6.44. The second kappa shape index (κ2) is 8.85. The van der Waals surface area contributed by atoms with E-state index in [4.69, 9.17) is 13.9 Å². The van der Waals surface area contributed by atoms with Crippen LogP contribution in [-0.2, 0) is 10.0 Å². The van der Waals surface area contributed by atoms with Gasteiger partial charge in [-0.3, -0.25) is 0 Å². The molecule has 164 valence electrons. The summed E-state index contributed by atoms with van der Waals surface area (Å²) in [6.45, 7) is 2.24. The zero-order valence-corrected chi connectivity index (χ0v) is 18.4. The van der Waals surface area contributed by atoms with Gasteiger partial charge in [-0.15, -0.1) is 0 Å². The van der Waals surface area contributed by atoms with Crippen LogP contribution in [0.4, 0.5) is 10.5 Å². The smallest absolute Gasteiger partial charge is 0.434 e. The van der Waals surface area contributed by atoms with Crippen molar-refractivity contribution in [1.82, 2.24) is 0 Å². The van der Waals surface area contributed by atoms with Gasteiger partial charge in [0.1, 0.15) is 17.1 Å². The summed E-state index contributed by atoms with van der Waals surface area (Å²) in [5.41, 5.74) is 0.294. The van der Waals surface area contributed by atoms with Gasteiger partial charge >= 0.3 is 11.0 Å². The van der Waals surface area contributed by atoms with E-state index in [0.29, 0.717) is 26.9 Å². The number of carbonyl (C=O) groups excluding carboxylic acids is 1. The summed E-state index contributed by atoms with van der Waals surface area (Å²) in [7, 11) is -4.37. The fourth-order valence-electron chi connectivity index (χ4n) is 2.94. The molecule has 10 heteroatoms. The number of carbonyl (C=O) groups is 1. The molecule has 1 aromatic heterocycles. The van der Waals surface area contributed by atoms with Crippen molar-refractivity contribution in [3.63, 3.8) is 0 Å². The molecule has 3 aromatic carbocycles.